The Morgan fingerprint density at radius 1 is 1.33 bits per heavy atom. The van der Waals surface area contributed by atoms with Gasteiger partial charge in [0.2, 0.25) is 0 Å². The molecule has 0 radical (unpaired) electrons. The van der Waals surface area contributed by atoms with Gasteiger partial charge in [0.05, 0.1) is 12.6 Å². The van der Waals surface area contributed by atoms with Gasteiger partial charge in [0, 0.05) is 18.7 Å². The van der Waals surface area contributed by atoms with Crippen LogP contribution in [0.4, 0.5) is 4.39 Å². The molecular formula is C14H20FNO2. The SMILES string of the molecule is COCC(C)N(C)C(C)C(=O)c1ccc(F)cc1. The first-order valence-corrected chi connectivity index (χ1v) is 5.98. The second kappa shape index (κ2) is 6.61. The molecule has 0 heterocycles. The number of Topliss-reactive ketones (excluding diaryl/α,β-unsaturated/α-hetero) is 1. The van der Waals surface area contributed by atoms with Gasteiger partial charge in [-0.1, -0.05) is 0 Å². The summed E-state index contributed by atoms with van der Waals surface area (Å²) in [6.07, 6.45) is 0. The quantitative estimate of drug-likeness (QED) is 0.729. The van der Waals surface area contributed by atoms with Crippen molar-refractivity contribution in [1.29, 1.82) is 0 Å². The fourth-order valence-corrected chi connectivity index (χ4v) is 1.78. The van der Waals surface area contributed by atoms with Crippen LogP contribution in [0.1, 0.15) is 24.2 Å². The standard InChI is InChI=1S/C14H20FNO2/c1-10(9-18-4)16(3)11(2)14(17)12-5-7-13(15)8-6-12/h5-8,10-11H,9H2,1-4H3. The molecule has 0 fully saturated rings. The molecule has 2 atom stereocenters. The third kappa shape index (κ3) is 3.62. The Bertz CT molecular complexity index is 391. The zero-order valence-corrected chi connectivity index (χ0v) is 11.3. The average molecular weight is 253 g/mol. The lowest BCUT2D eigenvalue weighted by Crippen LogP contribution is -2.43. The van der Waals surface area contributed by atoms with Crippen molar-refractivity contribution in [3.8, 4) is 0 Å². The van der Waals surface area contributed by atoms with E-state index in [9.17, 15) is 9.18 Å². The summed E-state index contributed by atoms with van der Waals surface area (Å²) in [5, 5.41) is 0. The van der Waals surface area contributed by atoms with Crippen LogP contribution in [0.3, 0.4) is 0 Å². The fourth-order valence-electron chi connectivity index (χ4n) is 1.78. The topological polar surface area (TPSA) is 29.5 Å². The Morgan fingerprint density at radius 2 is 1.89 bits per heavy atom. The lowest BCUT2D eigenvalue weighted by Gasteiger charge is -2.29. The molecule has 100 valence electrons. The molecule has 0 aliphatic rings. The second-order valence-electron chi connectivity index (χ2n) is 4.52. The van der Waals surface area contributed by atoms with Crippen molar-refractivity contribution >= 4 is 5.78 Å². The largest absolute Gasteiger partial charge is 0.383 e. The summed E-state index contributed by atoms with van der Waals surface area (Å²) in [4.78, 5) is 14.2. The highest BCUT2D eigenvalue weighted by Gasteiger charge is 2.23. The maximum atomic E-state index is 12.8. The first-order chi connectivity index (χ1) is 8.47. The fraction of sp³-hybridized carbons (Fsp3) is 0.500. The van der Waals surface area contributed by atoms with E-state index < -0.39 is 0 Å². The predicted molar refractivity (Wildman–Crippen MR) is 69.3 cm³/mol. The highest BCUT2D eigenvalue weighted by Crippen LogP contribution is 2.11. The third-order valence-electron chi connectivity index (χ3n) is 3.22. The maximum absolute atomic E-state index is 12.8. The Morgan fingerprint density at radius 3 is 2.39 bits per heavy atom. The number of hydrogen-bond acceptors (Lipinski definition) is 3. The van der Waals surface area contributed by atoms with Crippen molar-refractivity contribution < 1.29 is 13.9 Å². The van der Waals surface area contributed by atoms with Crippen molar-refractivity contribution in [3.05, 3.63) is 35.6 Å². The van der Waals surface area contributed by atoms with E-state index in [1.54, 1.807) is 7.11 Å². The van der Waals surface area contributed by atoms with E-state index >= 15 is 0 Å². The summed E-state index contributed by atoms with van der Waals surface area (Å²) in [7, 11) is 3.52. The van der Waals surface area contributed by atoms with E-state index in [-0.39, 0.29) is 23.7 Å². The number of methoxy groups -OCH3 is 1. The van der Waals surface area contributed by atoms with Gasteiger partial charge in [0.15, 0.2) is 5.78 Å². The van der Waals surface area contributed by atoms with Gasteiger partial charge in [0.1, 0.15) is 5.82 Å². The van der Waals surface area contributed by atoms with Gasteiger partial charge in [-0.2, -0.15) is 0 Å². The number of rotatable bonds is 6. The molecule has 18 heavy (non-hydrogen) atoms. The van der Waals surface area contributed by atoms with Gasteiger partial charge < -0.3 is 4.74 Å². The Hall–Kier alpha value is -1.26. The molecule has 0 aliphatic carbocycles. The molecule has 1 aromatic rings. The molecule has 1 rings (SSSR count). The van der Waals surface area contributed by atoms with Crippen molar-refractivity contribution in [3.63, 3.8) is 0 Å². The smallest absolute Gasteiger partial charge is 0.179 e. The van der Waals surface area contributed by atoms with Crippen LogP contribution in [0, 0.1) is 5.82 Å². The number of likely N-dealkylation sites (N-methyl/N-ethyl adjacent to an activating group) is 1. The van der Waals surface area contributed by atoms with Crippen LogP contribution in [0.15, 0.2) is 24.3 Å². The molecule has 0 N–H and O–H groups in total. The summed E-state index contributed by atoms with van der Waals surface area (Å²) in [5.74, 6) is -0.347. The van der Waals surface area contributed by atoms with E-state index in [1.807, 2.05) is 25.8 Å². The summed E-state index contributed by atoms with van der Waals surface area (Å²) in [6, 6.07) is 5.53. The molecule has 4 heteroatoms. The van der Waals surface area contributed by atoms with Gasteiger partial charge in [-0.15, -0.1) is 0 Å². The molecule has 2 unspecified atom stereocenters. The van der Waals surface area contributed by atoms with Crippen molar-refractivity contribution in [2.45, 2.75) is 25.9 Å². The van der Waals surface area contributed by atoms with Crippen molar-refractivity contribution in [1.82, 2.24) is 4.90 Å². The van der Waals surface area contributed by atoms with Crippen molar-refractivity contribution in [2.24, 2.45) is 0 Å². The Kier molecular flexibility index (Phi) is 5.44. The number of ether oxygens (including phenoxy) is 1. The lowest BCUT2D eigenvalue weighted by molar-refractivity contribution is 0.0693. The zero-order valence-electron chi connectivity index (χ0n) is 11.3. The van der Waals surface area contributed by atoms with E-state index in [2.05, 4.69) is 0 Å². The molecular weight excluding hydrogens is 233 g/mol. The minimum atomic E-state index is -0.333. The van der Waals surface area contributed by atoms with E-state index in [4.69, 9.17) is 4.74 Å². The minimum Gasteiger partial charge on any atom is -0.383 e. The first kappa shape index (κ1) is 14.8. The number of nitrogens with zero attached hydrogens (tertiary/aromatic N) is 1. The van der Waals surface area contributed by atoms with E-state index in [0.29, 0.717) is 12.2 Å². The van der Waals surface area contributed by atoms with Gasteiger partial charge in [0.25, 0.3) is 0 Å². The van der Waals surface area contributed by atoms with E-state index in [1.165, 1.54) is 24.3 Å². The monoisotopic (exact) mass is 253 g/mol. The Balaban J connectivity index is 2.74. The number of carbonyl (C=O) groups excluding carboxylic acids is 1. The summed E-state index contributed by atoms with van der Waals surface area (Å²) >= 11 is 0. The highest BCUT2D eigenvalue weighted by atomic mass is 19.1. The van der Waals surface area contributed by atoms with Gasteiger partial charge in [-0.3, -0.25) is 9.69 Å². The number of benzene rings is 1. The van der Waals surface area contributed by atoms with Crippen LogP contribution in [0.2, 0.25) is 0 Å². The van der Waals surface area contributed by atoms with Crippen LogP contribution >= 0.6 is 0 Å². The van der Waals surface area contributed by atoms with Crippen LogP contribution in [0.5, 0.6) is 0 Å². The second-order valence-corrected chi connectivity index (χ2v) is 4.52. The van der Waals surface area contributed by atoms with Crippen LogP contribution in [-0.2, 0) is 4.74 Å². The summed E-state index contributed by atoms with van der Waals surface area (Å²) < 4.78 is 17.9. The average Bonchev–Trinajstić information content (AvgIpc) is 2.37. The molecule has 0 aromatic heterocycles. The minimum absolute atomic E-state index is 0.0135. The number of carbonyl (C=O) groups is 1. The highest BCUT2D eigenvalue weighted by molar-refractivity contribution is 5.99. The van der Waals surface area contributed by atoms with Crippen LogP contribution in [-0.4, -0.2) is 43.5 Å². The molecule has 0 aliphatic heterocycles. The summed E-state index contributed by atoms with van der Waals surface area (Å²) in [6.45, 7) is 4.41. The number of halogens is 1. The lowest BCUT2D eigenvalue weighted by atomic mass is 10.0. The van der Waals surface area contributed by atoms with Gasteiger partial charge >= 0.3 is 0 Å². The van der Waals surface area contributed by atoms with Gasteiger partial charge in [-0.05, 0) is 45.2 Å². The van der Waals surface area contributed by atoms with Crippen LogP contribution < -0.4 is 0 Å². The third-order valence-corrected chi connectivity index (χ3v) is 3.22. The predicted octanol–water partition coefficient (Wildman–Crippen LogP) is 2.36. The molecule has 3 nitrogen and oxygen atoms in total. The normalized spacial score (nSPS) is 14.6. The van der Waals surface area contributed by atoms with E-state index in [0.717, 1.165) is 0 Å². The van der Waals surface area contributed by atoms with Crippen molar-refractivity contribution in [2.75, 3.05) is 20.8 Å². The number of hydrogen-bond donors (Lipinski definition) is 0. The molecule has 0 bridgehead atoms. The molecule has 0 amide bonds. The molecule has 0 saturated heterocycles. The van der Waals surface area contributed by atoms with Crippen LogP contribution in [0.25, 0.3) is 0 Å². The molecule has 0 saturated carbocycles. The zero-order chi connectivity index (χ0) is 13.7. The van der Waals surface area contributed by atoms with Gasteiger partial charge in [-0.25, -0.2) is 4.39 Å². The first-order valence-electron chi connectivity index (χ1n) is 5.98. The summed E-state index contributed by atoms with van der Waals surface area (Å²) in [5.41, 5.74) is 0.528. The molecule has 0 spiro atoms. The maximum Gasteiger partial charge on any atom is 0.179 e. The molecule has 1 aromatic carbocycles. The number of ketones is 1. The Labute approximate surface area is 108 Å².